The van der Waals surface area contributed by atoms with Crippen LogP contribution in [0.4, 0.5) is 0 Å². The van der Waals surface area contributed by atoms with Crippen LogP contribution in [0, 0.1) is 0 Å². The summed E-state index contributed by atoms with van der Waals surface area (Å²) < 4.78 is 0. The van der Waals surface area contributed by atoms with Crippen molar-refractivity contribution in [1.82, 2.24) is 0 Å². The van der Waals surface area contributed by atoms with Crippen molar-refractivity contribution in [2.75, 3.05) is 5.88 Å². The first-order valence-electron chi connectivity index (χ1n) is 2.19. The van der Waals surface area contributed by atoms with Gasteiger partial charge in [-0.15, -0.1) is 11.6 Å². The standard InChI is InChI=1S/C5H6ClNO/c6-3-1-2-4-7-5-8/h2,4H,1,3H2. The van der Waals surface area contributed by atoms with Crippen LogP contribution in [0.5, 0.6) is 0 Å². The number of hydrogen-bond donors (Lipinski definition) is 0. The second-order valence-corrected chi connectivity index (χ2v) is 1.46. The third-order valence-corrected chi connectivity index (χ3v) is 0.727. The molecule has 0 aliphatic rings. The van der Waals surface area contributed by atoms with Crippen LogP contribution in [-0.4, -0.2) is 12.0 Å². The first-order chi connectivity index (χ1) is 3.91. The van der Waals surface area contributed by atoms with E-state index in [1.165, 1.54) is 12.3 Å². The molecule has 0 spiro atoms. The van der Waals surface area contributed by atoms with Gasteiger partial charge in [0.1, 0.15) is 0 Å². The topological polar surface area (TPSA) is 29.4 Å². The van der Waals surface area contributed by atoms with E-state index in [1.54, 1.807) is 6.08 Å². The lowest BCUT2D eigenvalue weighted by Gasteiger charge is -1.74. The van der Waals surface area contributed by atoms with Crippen LogP contribution in [0.15, 0.2) is 17.3 Å². The number of halogens is 1. The smallest absolute Gasteiger partial charge is 0.211 e. The molecule has 0 bridgehead atoms. The van der Waals surface area contributed by atoms with Crippen molar-refractivity contribution in [2.45, 2.75) is 6.42 Å². The SMILES string of the molecule is O=C=NC=CCCCl. The van der Waals surface area contributed by atoms with Gasteiger partial charge in [-0.2, -0.15) is 4.99 Å². The summed E-state index contributed by atoms with van der Waals surface area (Å²) in [4.78, 5) is 12.6. The molecule has 0 radical (unpaired) electrons. The van der Waals surface area contributed by atoms with Crippen molar-refractivity contribution < 1.29 is 4.79 Å². The van der Waals surface area contributed by atoms with Gasteiger partial charge in [0.25, 0.3) is 0 Å². The molecule has 0 saturated carbocycles. The average Bonchev–Trinajstić information content (AvgIpc) is 1.81. The van der Waals surface area contributed by atoms with Gasteiger partial charge in [0.15, 0.2) is 0 Å². The highest BCUT2D eigenvalue weighted by Crippen LogP contribution is 1.85. The molecule has 0 rings (SSSR count). The van der Waals surface area contributed by atoms with Gasteiger partial charge in [0.05, 0.1) is 0 Å². The first kappa shape index (κ1) is 7.41. The Bertz CT molecular complexity index is 116. The van der Waals surface area contributed by atoms with Crippen LogP contribution in [-0.2, 0) is 4.79 Å². The summed E-state index contributed by atoms with van der Waals surface area (Å²) in [6.07, 6.45) is 5.21. The van der Waals surface area contributed by atoms with Gasteiger partial charge in [0.2, 0.25) is 6.08 Å². The Morgan fingerprint density at radius 1 is 1.75 bits per heavy atom. The molecule has 0 fully saturated rings. The molecule has 0 aromatic rings. The Morgan fingerprint density at radius 3 is 3.00 bits per heavy atom. The van der Waals surface area contributed by atoms with Gasteiger partial charge in [0, 0.05) is 12.1 Å². The van der Waals surface area contributed by atoms with E-state index >= 15 is 0 Å². The summed E-state index contributed by atoms with van der Waals surface area (Å²) in [6.45, 7) is 0. The summed E-state index contributed by atoms with van der Waals surface area (Å²) in [7, 11) is 0. The number of aliphatic imine (C=N–C) groups is 1. The third-order valence-electron chi connectivity index (χ3n) is 0.508. The van der Waals surface area contributed by atoms with Crippen LogP contribution < -0.4 is 0 Å². The lowest BCUT2D eigenvalue weighted by Crippen LogP contribution is -1.63. The van der Waals surface area contributed by atoms with Gasteiger partial charge in [-0.1, -0.05) is 6.08 Å². The Hall–Kier alpha value is -0.590. The molecule has 3 heteroatoms. The summed E-state index contributed by atoms with van der Waals surface area (Å²) >= 11 is 5.29. The minimum absolute atomic E-state index is 0.560. The zero-order valence-corrected chi connectivity index (χ0v) is 5.06. The van der Waals surface area contributed by atoms with Gasteiger partial charge in [-0.05, 0) is 6.42 Å². The highest BCUT2D eigenvalue weighted by Gasteiger charge is 1.69. The lowest BCUT2D eigenvalue weighted by molar-refractivity contribution is 0.565. The van der Waals surface area contributed by atoms with E-state index in [0.717, 1.165) is 6.42 Å². The van der Waals surface area contributed by atoms with E-state index in [-0.39, 0.29) is 0 Å². The fourth-order valence-corrected chi connectivity index (χ4v) is 0.347. The highest BCUT2D eigenvalue weighted by atomic mass is 35.5. The number of nitrogens with zero attached hydrogens (tertiary/aromatic N) is 1. The van der Waals surface area contributed by atoms with Crippen molar-refractivity contribution in [2.24, 2.45) is 4.99 Å². The van der Waals surface area contributed by atoms with Crippen molar-refractivity contribution in [3.8, 4) is 0 Å². The largest absolute Gasteiger partial charge is 0.239 e. The fraction of sp³-hybridized carbons (Fsp3) is 0.400. The monoisotopic (exact) mass is 131 g/mol. The molecular weight excluding hydrogens is 126 g/mol. The van der Waals surface area contributed by atoms with Crippen LogP contribution in [0.1, 0.15) is 6.42 Å². The van der Waals surface area contributed by atoms with E-state index in [2.05, 4.69) is 4.99 Å². The van der Waals surface area contributed by atoms with Crippen LogP contribution >= 0.6 is 11.6 Å². The second-order valence-electron chi connectivity index (χ2n) is 1.08. The Kier molecular flexibility index (Phi) is 5.94. The van der Waals surface area contributed by atoms with Gasteiger partial charge >= 0.3 is 0 Å². The number of allylic oxidation sites excluding steroid dienone is 1. The first-order valence-corrected chi connectivity index (χ1v) is 2.73. The van der Waals surface area contributed by atoms with Crippen LogP contribution in [0.3, 0.4) is 0 Å². The van der Waals surface area contributed by atoms with Crippen molar-refractivity contribution >= 4 is 17.7 Å². The van der Waals surface area contributed by atoms with E-state index in [9.17, 15) is 4.79 Å². The van der Waals surface area contributed by atoms with Crippen LogP contribution in [0.2, 0.25) is 0 Å². The van der Waals surface area contributed by atoms with Crippen LogP contribution in [0.25, 0.3) is 0 Å². The summed E-state index contributed by atoms with van der Waals surface area (Å²) in [5.74, 6) is 0.560. The molecule has 0 aliphatic carbocycles. The molecular formula is C5H6ClNO. The van der Waals surface area contributed by atoms with Crippen molar-refractivity contribution in [3.63, 3.8) is 0 Å². The lowest BCUT2D eigenvalue weighted by atomic mass is 10.5. The zero-order valence-electron chi connectivity index (χ0n) is 4.30. The molecule has 2 nitrogen and oxygen atoms in total. The van der Waals surface area contributed by atoms with E-state index in [0.29, 0.717) is 5.88 Å². The Balaban J connectivity index is 3.20. The number of isocyanates is 1. The molecule has 8 heavy (non-hydrogen) atoms. The highest BCUT2D eigenvalue weighted by molar-refractivity contribution is 6.17. The van der Waals surface area contributed by atoms with E-state index < -0.39 is 0 Å². The summed E-state index contributed by atoms with van der Waals surface area (Å²) in [5, 5.41) is 0. The molecule has 0 aliphatic heterocycles. The van der Waals surface area contributed by atoms with E-state index in [1.807, 2.05) is 0 Å². The number of carbonyl (C=O) groups excluding carboxylic acids is 1. The fourth-order valence-electron chi connectivity index (χ4n) is 0.221. The molecule has 44 valence electrons. The molecule has 0 aromatic carbocycles. The minimum Gasteiger partial charge on any atom is -0.211 e. The average molecular weight is 132 g/mol. The normalized spacial score (nSPS) is 9.12. The Labute approximate surface area is 52.9 Å². The summed E-state index contributed by atoms with van der Waals surface area (Å²) in [5.41, 5.74) is 0. The predicted octanol–water partition coefficient (Wildman–Crippen LogP) is 1.46. The predicted molar refractivity (Wildman–Crippen MR) is 32.6 cm³/mol. The second kappa shape index (κ2) is 6.41. The molecule has 0 atom stereocenters. The quantitative estimate of drug-likeness (QED) is 0.324. The zero-order chi connectivity index (χ0) is 6.24. The minimum atomic E-state index is 0.560. The van der Waals surface area contributed by atoms with Gasteiger partial charge < -0.3 is 0 Å². The van der Waals surface area contributed by atoms with Gasteiger partial charge in [-0.3, -0.25) is 0 Å². The molecule has 0 heterocycles. The maximum absolute atomic E-state index is 9.39. The number of rotatable bonds is 3. The van der Waals surface area contributed by atoms with Crippen molar-refractivity contribution in [3.05, 3.63) is 12.3 Å². The Morgan fingerprint density at radius 2 is 2.50 bits per heavy atom. The van der Waals surface area contributed by atoms with E-state index in [4.69, 9.17) is 11.6 Å². The number of alkyl halides is 1. The van der Waals surface area contributed by atoms with Gasteiger partial charge in [-0.25, -0.2) is 4.79 Å². The molecule has 0 amide bonds. The molecule has 0 unspecified atom stereocenters. The molecule has 0 N–H and O–H groups in total. The number of hydrogen-bond acceptors (Lipinski definition) is 2. The maximum Gasteiger partial charge on any atom is 0.239 e. The molecule has 0 aromatic heterocycles. The summed E-state index contributed by atoms with van der Waals surface area (Å²) in [6, 6.07) is 0. The maximum atomic E-state index is 9.39. The molecule has 0 saturated heterocycles. The third kappa shape index (κ3) is 5.41. The van der Waals surface area contributed by atoms with Crippen molar-refractivity contribution in [1.29, 1.82) is 0 Å².